The van der Waals surface area contributed by atoms with E-state index in [1.165, 1.54) is 6.07 Å². The highest BCUT2D eigenvalue weighted by molar-refractivity contribution is 5.49. The summed E-state index contributed by atoms with van der Waals surface area (Å²) in [6.45, 7) is 4.86. The molecule has 1 aromatic rings. The van der Waals surface area contributed by atoms with Crippen molar-refractivity contribution in [3.63, 3.8) is 0 Å². The van der Waals surface area contributed by atoms with Crippen LogP contribution < -0.4 is 10.6 Å². The molecular weight excluding hydrogens is 207 g/mol. The normalized spacial score (nSPS) is 12.6. The van der Waals surface area contributed by atoms with Crippen LogP contribution in [0.25, 0.3) is 0 Å². The molecule has 90 valence electrons. The lowest BCUT2D eigenvalue weighted by Crippen LogP contribution is -2.27. The van der Waals surface area contributed by atoms with Gasteiger partial charge in [-0.2, -0.15) is 0 Å². The van der Waals surface area contributed by atoms with Crippen molar-refractivity contribution in [2.45, 2.75) is 19.9 Å². The first kappa shape index (κ1) is 12.9. The molecular formula is C12H19FN2O. The van der Waals surface area contributed by atoms with Gasteiger partial charge in [-0.1, -0.05) is 6.07 Å². The number of anilines is 1. The first-order chi connectivity index (χ1) is 7.60. The Labute approximate surface area is 95.7 Å². The van der Waals surface area contributed by atoms with Gasteiger partial charge in [0.2, 0.25) is 0 Å². The van der Waals surface area contributed by atoms with Gasteiger partial charge in [-0.15, -0.1) is 0 Å². The number of benzene rings is 1. The van der Waals surface area contributed by atoms with Crippen molar-refractivity contribution in [3.8, 4) is 0 Å². The number of nitrogens with zero attached hydrogens (tertiary/aromatic N) is 1. The number of hydrogen-bond acceptors (Lipinski definition) is 3. The fourth-order valence-electron chi connectivity index (χ4n) is 1.63. The fraction of sp³-hybridized carbons (Fsp3) is 0.500. The molecule has 1 atom stereocenters. The van der Waals surface area contributed by atoms with Crippen LogP contribution in [0.4, 0.5) is 10.1 Å². The second kappa shape index (κ2) is 5.82. The highest BCUT2D eigenvalue weighted by Gasteiger charge is 2.11. The Kier molecular flexibility index (Phi) is 4.71. The van der Waals surface area contributed by atoms with E-state index in [-0.39, 0.29) is 18.5 Å². The summed E-state index contributed by atoms with van der Waals surface area (Å²) >= 11 is 0. The maximum atomic E-state index is 13.8. The van der Waals surface area contributed by atoms with Crippen LogP contribution in [0, 0.1) is 5.82 Å². The van der Waals surface area contributed by atoms with Gasteiger partial charge in [0, 0.05) is 19.1 Å². The number of aliphatic hydroxyl groups excluding tert-OH is 1. The molecule has 4 heteroatoms. The zero-order chi connectivity index (χ0) is 12.1. The van der Waals surface area contributed by atoms with E-state index in [1.54, 1.807) is 11.0 Å². The van der Waals surface area contributed by atoms with Gasteiger partial charge >= 0.3 is 0 Å². The molecule has 3 N–H and O–H groups in total. The van der Waals surface area contributed by atoms with Crippen LogP contribution >= 0.6 is 0 Å². The van der Waals surface area contributed by atoms with E-state index >= 15 is 0 Å². The maximum absolute atomic E-state index is 13.8. The minimum Gasteiger partial charge on any atom is -0.395 e. The Morgan fingerprint density at radius 1 is 1.50 bits per heavy atom. The second-order valence-electron chi connectivity index (χ2n) is 3.80. The molecule has 0 heterocycles. The van der Waals surface area contributed by atoms with Crippen LogP contribution in [-0.4, -0.2) is 24.8 Å². The van der Waals surface area contributed by atoms with Gasteiger partial charge in [-0.3, -0.25) is 0 Å². The van der Waals surface area contributed by atoms with Crippen molar-refractivity contribution in [1.82, 2.24) is 0 Å². The van der Waals surface area contributed by atoms with Gasteiger partial charge in [0.05, 0.1) is 12.3 Å². The summed E-state index contributed by atoms with van der Waals surface area (Å²) < 4.78 is 13.8. The largest absolute Gasteiger partial charge is 0.395 e. The molecule has 0 spiro atoms. The second-order valence-corrected chi connectivity index (χ2v) is 3.80. The van der Waals surface area contributed by atoms with Crippen molar-refractivity contribution < 1.29 is 9.50 Å². The number of likely N-dealkylation sites (N-methyl/N-ethyl adjacent to an activating group) is 1. The zero-order valence-electron chi connectivity index (χ0n) is 9.78. The van der Waals surface area contributed by atoms with Crippen molar-refractivity contribution in [3.05, 3.63) is 29.6 Å². The summed E-state index contributed by atoms with van der Waals surface area (Å²) in [5, 5.41) is 8.88. The third-order valence-electron chi connectivity index (χ3n) is 2.59. The van der Waals surface area contributed by atoms with Crippen LogP contribution in [0.15, 0.2) is 18.2 Å². The lowest BCUT2D eigenvalue weighted by molar-refractivity contribution is 0.302. The minimum absolute atomic E-state index is 0.0162. The van der Waals surface area contributed by atoms with Gasteiger partial charge in [0.15, 0.2) is 0 Å². The summed E-state index contributed by atoms with van der Waals surface area (Å²) in [7, 11) is 0. The quantitative estimate of drug-likeness (QED) is 0.803. The monoisotopic (exact) mass is 226 g/mol. The third kappa shape index (κ3) is 2.93. The molecule has 16 heavy (non-hydrogen) atoms. The highest BCUT2D eigenvalue weighted by atomic mass is 19.1. The highest BCUT2D eigenvalue weighted by Crippen LogP contribution is 2.22. The predicted molar refractivity (Wildman–Crippen MR) is 64.0 cm³/mol. The molecule has 0 saturated heterocycles. The Bertz CT molecular complexity index is 342. The van der Waals surface area contributed by atoms with Gasteiger partial charge < -0.3 is 15.7 Å². The van der Waals surface area contributed by atoms with Gasteiger partial charge in [0.1, 0.15) is 5.82 Å². The summed E-state index contributed by atoms with van der Waals surface area (Å²) in [4.78, 5) is 1.79. The number of rotatable bonds is 5. The average molecular weight is 226 g/mol. The summed E-state index contributed by atoms with van der Waals surface area (Å²) in [5.74, 6) is -0.287. The molecule has 1 rings (SSSR count). The van der Waals surface area contributed by atoms with Crippen LogP contribution in [0.5, 0.6) is 0 Å². The molecule has 0 aliphatic heterocycles. The molecule has 3 nitrogen and oxygen atoms in total. The standard InChI is InChI=1S/C12H19FN2O/c1-3-15(6-7-16)12-5-4-10(9(2)14)8-11(12)13/h4-5,8-9,16H,3,6-7,14H2,1-2H3/t9-/m1/s1. The van der Waals surface area contributed by atoms with Crippen molar-refractivity contribution in [2.75, 3.05) is 24.6 Å². The Morgan fingerprint density at radius 2 is 2.19 bits per heavy atom. The van der Waals surface area contributed by atoms with Crippen molar-refractivity contribution in [1.29, 1.82) is 0 Å². The summed E-state index contributed by atoms with van der Waals surface area (Å²) in [6.07, 6.45) is 0. The smallest absolute Gasteiger partial charge is 0.146 e. The fourth-order valence-corrected chi connectivity index (χ4v) is 1.63. The van der Waals surface area contributed by atoms with E-state index in [9.17, 15) is 4.39 Å². The molecule has 0 aliphatic rings. The minimum atomic E-state index is -0.287. The molecule has 0 radical (unpaired) electrons. The Morgan fingerprint density at radius 3 is 2.62 bits per heavy atom. The number of aliphatic hydroxyl groups is 1. The molecule has 0 saturated carbocycles. The number of halogens is 1. The third-order valence-corrected chi connectivity index (χ3v) is 2.59. The maximum Gasteiger partial charge on any atom is 0.146 e. The van der Waals surface area contributed by atoms with E-state index in [4.69, 9.17) is 10.8 Å². The van der Waals surface area contributed by atoms with Crippen LogP contribution in [0.2, 0.25) is 0 Å². The van der Waals surface area contributed by atoms with E-state index in [1.807, 2.05) is 19.9 Å². The van der Waals surface area contributed by atoms with Crippen LogP contribution in [-0.2, 0) is 0 Å². The van der Waals surface area contributed by atoms with Crippen molar-refractivity contribution in [2.24, 2.45) is 5.73 Å². The number of nitrogens with two attached hydrogens (primary N) is 1. The lowest BCUT2D eigenvalue weighted by atomic mass is 10.1. The van der Waals surface area contributed by atoms with Gasteiger partial charge in [0.25, 0.3) is 0 Å². The van der Waals surface area contributed by atoms with E-state index in [0.29, 0.717) is 18.8 Å². The molecule has 1 aromatic carbocycles. The van der Waals surface area contributed by atoms with Gasteiger partial charge in [-0.25, -0.2) is 4.39 Å². The topological polar surface area (TPSA) is 49.5 Å². The first-order valence-electron chi connectivity index (χ1n) is 5.51. The van der Waals surface area contributed by atoms with E-state index in [2.05, 4.69) is 0 Å². The zero-order valence-corrected chi connectivity index (χ0v) is 9.78. The molecule has 0 bridgehead atoms. The van der Waals surface area contributed by atoms with Crippen LogP contribution in [0.3, 0.4) is 0 Å². The lowest BCUT2D eigenvalue weighted by Gasteiger charge is -2.23. The predicted octanol–water partition coefficient (Wildman–Crippen LogP) is 1.66. The molecule has 0 aromatic heterocycles. The summed E-state index contributed by atoms with van der Waals surface area (Å²) in [5.41, 5.74) is 6.97. The summed E-state index contributed by atoms with van der Waals surface area (Å²) in [6, 6.07) is 4.83. The molecule has 0 aliphatic carbocycles. The molecule has 0 fully saturated rings. The average Bonchev–Trinajstić information content (AvgIpc) is 2.26. The van der Waals surface area contributed by atoms with Gasteiger partial charge in [-0.05, 0) is 31.5 Å². The number of hydrogen-bond donors (Lipinski definition) is 2. The van der Waals surface area contributed by atoms with E-state index < -0.39 is 0 Å². The molecule has 0 unspecified atom stereocenters. The first-order valence-corrected chi connectivity index (χ1v) is 5.51. The Balaban J connectivity index is 2.96. The van der Waals surface area contributed by atoms with Crippen molar-refractivity contribution >= 4 is 5.69 Å². The SMILES string of the molecule is CCN(CCO)c1ccc([C@@H](C)N)cc1F. The van der Waals surface area contributed by atoms with E-state index in [0.717, 1.165) is 5.56 Å². The Hall–Kier alpha value is -1.13. The van der Waals surface area contributed by atoms with Crippen LogP contribution in [0.1, 0.15) is 25.5 Å². The molecule has 0 amide bonds.